The molecule has 2 aliphatic rings. The first-order chi connectivity index (χ1) is 9.56. The number of benzene rings is 1. The summed E-state index contributed by atoms with van der Waals surface area (Å²) in [6.45, 7) is 0.457. The Labute approximate surface area is 121 Å². The van der Waals surface area contributed by atoms with E-state index in [2.05, 4.69) is 0 Å². The quantitative estimate of drug-likeness (QED) is 0.819. The van der Waals surface area contributed by atoms with Crippen molar-refractivity contribution in [3.8, 4) is 0 Å². The lowest BCUT2D eigenvalue weighted by Gasteiger charge is -2.07. The van der Waals surface area contributed by atoms with Gasteiger partial charge in [-0.3, -0.25) is 9.59 Å². The Kier molecular flexibility index (Phi) is 3.52. The van der Waals surface area contributed by atoms with Crippen LogP contribution < -0.4 is 0 Å². The summed E-state index contributed by atoms with van der Waals surface area (Å²) in [6.07, 6.45) is 2.99. The predicted octanol–water partition coefficient (Wildman–Crippen LogP) is 2.92. The van der Waals surface area contributed by atoms with Crippen LogP contribution in [0.4, 0.5) is 0 Å². The average Bonchev–Trinajstić information content (AvgIpc) is 3.27. The van der Waals surface area contributed by atoms with E-state index in [1.54, 1.807) is 18.2 Å². The Morgan fingerprint density at radius 2 is 2.05 bits per heavy atom. The Hall–Kier alpha value is -1.39. The zero-order valence-electron chi connectivity index (χ0n) is 10.8. The van der Waals surface area contributed by atoms with Gasteiger partial charge in [-0.05, 0) is 30.9 Å². The number of hydrogen-bond donors (Lipinski definition) is 1. The molecule has 2 fully saturated rings. The number of carboxylic acid groups (broad SMARTS) is 1. The lowest BCUT2D eigenvalue weighted by atomic mass is 10.0. The van der Waals surface area contributed by atoms with Crippen molar-refractivity contribution in [3.63, 3.8) is 0 Å². The molecule has 0 amide bonds. The highest BCUT2D eigenvalue weighted by atomic mass is 35.5. The van der Waals surface area contributed by atoms with Crippen LogP contribution in [0.3, 0.4) is 0 Å². The van der Waals surface area contributed by atoms with E-state index in [0.717, 1.165) is 18.4 Å². The molecular weight excluding hydrogens is 280 g/mol. The molecule has 0 spiro atoms. The van der Waals surface area contributed by atoms with Gasteiger partial charge < -0.3 is 9.84 Å². The summed E-state index contributed by atoms with van der Waals surface area (Å²) in [5.74, 6) is -1.95. The fourth-order valence-electron chi connectivity index (χ4n) is 2.23. The van der Waals surface area contributed by atoms with Crippen LogP contribution in [0.2, 0.25) is 5.02 Å². The monoisotopic (exact) mass is 294 g/mol. The van der Waals surface area contributed by atoms with Crippen LogP contribution in [0.1, 0.15) is 35.2 Å². The summed E-state index contributed by atoms with van der Waals surface area (Å²) in [6, 6.07) is 5.11. The molecule has 0 aromatic heterocycles. The van der Waals surface area contributed by atoms with Crippen LogP contribution in [-0.2, 0) is 16.1 Å². The van der Waals surface area contributed by atoms with Gasteiger partial charge in [-0.1, -0.05) is 23.7 Å². The highest BCUT2D eigenvalue weighted by Crippen LogP contribution is 2.41. The van der Waals surface area contributed by atoms with E-state index in [1.165, 1.54) is 0 Å². The van der Waals surface area contributed by atoms with E-state index in [0.29, 0.717) is 29.7 Å². The molecule has 0 bridgehead atoms. The maximum absolute atomic E-state index is 12.1. The first-order valence-electron chi connectivity index (χ1n) is 6.73. The fraction of sp³-hybridized carbons (Fsp3) is 0.467. The van der Waals surface area contributed by atoms with Gasteiger partial charge in [0.15, 0.2) is 5.78 Å². The fourth-order valence-corrected chi connectivity index (χ4v) is 2.47. The molecule has 2 aliphatic carbocycles. The molecule has 0 saturated heterocycles. The zero-order valence-corrected chi connectivity index (χ0v) is 11.6. The maximum atomic E-state index is 12.1. The Morgan fingerprint density at radius 3 is 2.60 bits per heavy atom. The molecule has 2 saturated carbocycles. The second kappa shape index (κ2) is 5.19. The van der Waals surface area contributed by atoms with Crippen molar-refractivity contribution in [2.75, 3.05) is 0 Å². The van der Waals surface area contributed by atoms with Crippen molar-refractivity contribution < 1.29 is 19.4 Å². The molecule has 1 N–H and O–H groups in total. The number of carbonyl (C=O) groups excluding carboxylic acids is 1. The number of hydrogen-bond acceptors (Lipinski definition) is 3. The molecule has 0 radical (unpaired) electrons. The molecule has 106 valence electrons. The topological polar surface area (TPSA) is 63.6 Å². The minimum Gasteiger partial charge on any atom is -0.481 e. The summed E-state index contributed by atoms with van der Waals surface area (Å²) in [5.41, 5.74) is 1.35. The molecule has 5 heteroatoms. The van der Waals surface area contributed by atoms with Gasteiger partial charge in [0.25, 0.3) is 0 Å². The van der Waals surface area contributed by atoms with Crippen molar-refractivity contribution in [1.29, 1.82) is 0 Å². The molecule has 4 nitrogen and oxygen atoms in total. The van der Waals surface area contributed by atoms with E-state index in [9.17, 15) is 9.59 Å². The van der Waals surface area contributed by atoms with Crippen LogP contribution in [0, 0.1) is 11.8 Å². The van der Waals surface area contributed by atoms with Crippen molar-refractivity contribution >= 4 is 23.4 Å². The molecular formula is C15H15ClO4. The summed E-state index contributed by atoms with van der Waals surface area (Å²) in [5, 5.41) is 9.35. The van der Waals surface area contributed by atoms with Crippen LogP contribution in [0.15, 0.2) is 18.2 Å². The molecule has 20 heavy (non-hydrogen) atoms. The van der Waals surface area contributed by atoms with E-state index >= 15 is 0 Å². The number of carboxylic acids is 1. The average molecular weight is 295 g/mol. The summed E-state index contributed by atoms with van der Waals surface area (Å²) in [7, 11) is 0. The van der Waals surface area contributed by atoms with E-state index in [1.807, 2.05) is 0 Å². The van der Waals surface area contributed by atoms with Gasteiger partial charge in [0.2, 0.25) is 0 Å². The van der Waals surface area contributed by atoms with Crippen LogP contribution >= 0.6 is 11.6 Å². The first kappa shape index (κ1) is 13.6. The van der Waals surface area contributed by atoms with E-state index < -0.39 is 17.8 Å². The predicted molar refractivity (Wildman–Crippen MR) is 72.8 cm³/mol. The van der Waals surface area contributed by atoms with Crippen LogP contribution in [-0.4, -0.2) is 23.0 Å². The first-order valence-corrected chi connectivity index (χ1v) is 7.11. The molecule has 3 rings (SSSR count). The second-order valence-electron chi connectivity index (χ2n) is 5.47. The second-order valence-corrected chi connectivity index (χ2v) is 5.87. The van der Waals surface area contributed by atoms with Crippen LogP contribution in [0.25, 0.3) is 0 Å². The van der Waals surface area contributed by atoms with Gasteiger partial charge in [-0.2, -0.15) is 0 Å². The number of ether oxygens (including phenoxy) is 1. The van der Waals surface area contributed by atoms with Gasteiger partial charge in [0.05, 0.1) is 18.6 Å². The van der Waals surface area contributed by atoms with E-state index in [-0.39, 0.29) is 5.78 Å². The molecule has 0 heterocycles. The number of carbonyl (C=O) groups is 2. The van der Waals surface area contributed by atoms with Gasteiger partial charge in [-0.15, -0.1) is 0 Å². The standard InChI is InChI=1S/C15H15ClO4/c16-13-5-8(14(17)11-6-12(11)15(18)19)1-2-9(13)7-20-10-3-4-10/h1-2,5,10-12H,3-4,6-7H2,(H,18,19)/t11-,12-/m0/s1. The van der Waals surface area contributed by atoms with Crippen molar-refractivity contribution in [2.24, 2.45) is 11.8 Å². The van der Waals surface area contributed by atoms with Gasteiger partial charge in [0, 0.05) is 16.5 Å². The summed E-state index contributed by atoms with van der Waals surface area (Å²) >= 11 is 6.15. The van der Waals surface area contributed by atoms with E-state index in [4.69, 9.17) is 21.4 Å². The zero-order chi connectivity index (χ0) is 14.3. The van der Waals surface area contributed by atoms with Gasteiger partial charge in [-0.25, -0.2) is 0 Å². The Bertz CT molecular complexity index is 565. The molecule has 1 aromatic carbocycles. The summed E-state index contributed by atoms with van der Waals surface area (Å²) in [4.78, 5) is 22.9. The molecule has 1 aromatic rings. The minimum atomic E-state index is -0.899. The normalized spacial score (nSPS) is 24.4. The number of halogens is 1. The van der Waals surface area contributed by atoms with Crippen molar-refractivity contribution in [2.45, 2.75) is 32.0 Å². The molecule has 0 aliphatic heterocycles. The van der Waals surface area contributed by atoms with Gasteiger partial charge >= 0.3 is 5.97 Å². The minimum absolute atomic E-state index is 0.131. The Morgan fingerprint density at radius 1 is 1.30 bits per heavy atom. The van der Waals surface area contributed by atoms with Gasteiger partial charge in [0.1, 0.15) is 0 Å². The molecule has 2 atom stereocenters. The third kappa shape index (κ3) is 2.86. The number of Topliss-reactive ketones (excluding diaryl/α,β-unsaturated/α-hetero) is 1. The van der Waals surface area contributed by atoms with Crippen LogP contribution in [0.5, 0.6) is 0 Å². The highest BCUT2D eigenvalue weighted by molar-refractivity contribution is 6.31. The SMILES string of the molecule is O=C(O)[C@H]1C[C@@H]1C(=O)c1ccc(COC2CC2)c(Cl)c1. The number of aliphatic carboxylic acids is 1. The highest BCUT2D eigenvalue weighted by Gasteiger charge is 2.48. The smallest absolute Gasteiger partial charge is 0.307 e. The summed E-state index contributed by atoms with van der Waals surface area (Å²) < 4.78 is 5.58. The third-order valence-electron chi connectivity index (χ3n) is 3.78. The Balaban J connectivity index is 1.66. The van der Waals surface area contributed by atoms with Crippen molar-refractivity contribution in [3.05, 3.63) is 34.3 Å². The maximum Gasteiger partial charge on any atom is 0.307 e. The number of rotatable bonds is 6. The largest absolute Gasteiger partial charge is 0.481 e. The molecule has 0 unspecified atom stereocenters. The lowest BCUT2D eigenvalue weighted by Crippen LogP contribution is -2.08. The number of ketones is 1. The lowest BCUT2D eigenvalue weighted by molar-refractivity contribution is -0.138. The van der Waals surface area contributed by atoms with Crippen molar-refractivity contribution in [1.82, 2.24) is 0 Å². The third-order valence-corrected chi connectivity index (χ3v) is 4.13.